The zero-order valence-corrected chi connectivity index (χ0v) is 12.6. The Balaban J connectivity index is 2.07. The predicted octanol–water partition coefficient (Wildman–Crippen LogP) is -0.917. The van der Waals surface area contributed by atoms with Crippen molar-refractivity contribution in [2.45, 2.75) is 11.8 Å². The molecule has 1 aromatic carbocycles. The predicted molar refractivity (Wildman–Crippen MR) is 76.4 cm³/mol. The Morgan fingerprint density at radius 3 is 2.45 bits per heavy atom. The van der Waals surface area contributed by atoms with Crippen LogP contribution in [0.3, 0.4) is 0 Å². The number of carbonyl (C=O) groups is 3. The average molecular weight is 325 g/mol. The highest BCUT2D eigenvalue weighted by atomic mass is 32.2. The van der Waals surface area contributed by atoms with Crippen LogP contribution in [-0.2, 0) is 19.6 Å². The van der Waals surface area contributed by atoms with E-state index in [1.54, 1.807) is 13.0 Å². The standard InChI is InChI=1S/C13H15N3O5S/c1-2-14-11(17)7-15-12(18)8-16-13(19)9-5-3-4-6-10(9)22(16,20)21/h3-6H,2,7-8H2,1H3,(H,14,17)(H,15,18). The zero-order valence-electron chi connectivity index (χ0n) is 11.8. The van der Waals surface area contributed by atoms with Crippen LogP contribution in [0.25, 0.3) is 0 Å². The van der Waals surface area contributed by atoms with Gasteiger partial charge in [0.2, 0.25) is 11.8 Å². The smallest absolute Gasteiger partial charge is 0.269 e. The lowest BCUT2D eigenvalue weighted by Crippen LogP contribution is -2.43. The Kier molecular flexibility index (Phi) is 4.45. The molecule has 0 fully saturated rings. The first-order chi connectivity index (χ1) is 10.4. The molecule has 1 heterocycles. The van der Waals surface area contributed by atoms with E-state index in [-0.39, 0.29) is 17.0 Å². The Morgan fingerprint density at radius 2 is 1.82 bits per heavy atom. The van der Waals surface area contributed by atoms with E-state index in [1.165, 1.54) is 18.2 Å². The molecule has 2 rings (SSSR count). The SMILES string of the molecule is CCNC(=O)CNC(=O)CN1C(=O)c2ccccc2S1(=O)=O. The lowest BCUT2D eigenvalue weighted by Gasteiger charge is -2.14. The molecular formula is C13H15N3O5S. The van der Waals surface area contributed by atoms with Crippen molar-refractivity contribution in [3.8, 4) is 0 Å². The largest absolute Gasteiger partial charge is 0.355 e. The fourth-order valence-electron chi connectivity index (χ4n) is 2.01. The van der Waals surface area contributed by atoms with E-state index in [4.69, 9.17) is 0 Å². The van der Waals surface area contributed by atoms with Gasteiger partial charge in [-0.1, -0.05) is 12.1 Å². The molecule has 1 aliphatic heterocycles. The molecule has 0 spiro atoms. The van der Waals surface area contributed by atoms with Crippen molar-refractivity contribution in [1.82, 2.24) is 14.9 Å². The maximum absolute atomic E-state index is 12.2. The van der Waals surface area contributed by atoms with Gasteiger partial charge in [-0.15, -0.1) is 0 Å². The molecule has 3 amide bonds. The molecule has 2 N–H and O–H groups in total. The number of rotatable bonds is 5. The number of sulfonamides is 1. The molecule has 0 bridgehead atoms. The summed E-state index contributed by atoms with van der Waals surface area (Å²) in [4.78, 5) is 34.9. The van der Waals surface area contributed by atoms with Crippen LogP contribution in [0.5, 0.6) is 0 Å². The topological polar surface area (TPSA) is 113 Å². The number of carbonyl (C=O) groups excluding carboxylic acids is 3. The van der Waals surface area contributed by atoms with Gasteiger partial charge in [0.05, 0.1) is 12.1 Å². The summed E-state index contributed by atoms with van der Waals surface area (Å²) in [6.45, 7) is 1.21. The third kappa shape index (κ3) is 2.93. The second-order valence-electron chi connectivity index (χ2n) is 4.54. The van der Waals surface area contributed by atoms with Crippen molar-refractivity contribution in [3.05, 3.63) is 29.8 Å². The number of amides is 3. The number of likely N-dealkylation sites (N-methyl/N-ethyl adjacent to an activating group) is 1. The highest BCUT2D eigenvalue weighted by Crippen LogP contribution is 2.29. The van der Waals surface area contributed by atoms with E-state index in [1.807, 2.05) is 0 Å². The average Bonchev–Trinajstić information content (AvgIpc) is 2.67. The lowest BCUT2D eigenvalue weighted by atomic mass is 10.2. The van der Waals surface area contributed by atoms with E-state index in [9.17, 15) is 22.8 Å². The second kappa shape index (κ2) is 6.14. The summed E-state index contributed by atoms with van der Waals surface area (Å²) in [5.74, 6) is -1.87. The van der Waals surface area contributed by atoms with Crippen molar-refractivity contribution in [2.24, 2.45) is 0 Å². The van der Waals surface area contributed by atoms with Gasteiger partial charge in [-0.3, -0.25) is 14.4 Å². The molecule has 22 heavy (non-hydrogen) atoms. The quantitative estimate of drug-likeness (QED) is 0.727. The minimum Gasteiger partial charge on any atom is -0.355 e. The van der Waals surface area contributed by atoms with E-state index in [0.717, 1.165) is 0 Å². The van der Waals surface area contributed by atoms with E-state index in [2.05, 4.69) is 10.6 Å². The molecule has 1 aromatic rings. The molecule has 0 saturated carbocycles. The van der Waals surface area contributed by atoms with Crippen molar-refractivity contribution < 1.29 is 22.8 Å². The number of nitrogens with one attached hydrogen (secondary N) is 2. The Labute approximate surface area is 127 Å². The molecule has 8 nitrogen and oxygen atoms in total. The van der Waals surface area contributed by atoms with Crippen LogP contribution in [0.4, 0.5) is 0 Å². The van der Waals surface area contributed by atoms with E-state index >= 15 is 0 Å². The molecule has 0 atom stereocenters. The van der Waals surface area contributed by atoms with Crippen LogP contribution >= 0.6 is 0 Å². The van der Waals surface area contributed by atoms with Gasteiger partial charge in [0.25, 0.3) is 15.9 Å². The number of benzene rings is 1. The minimum atomic E-state index is -4.02. The second-order valence-corrected chi connectivity index (χ2v) is 6.37. The summed E-state index contributed by atoms with van der Waals surface area (Å²) >= 11 is 0. The molecule has 0 aliphatic carbocycles. The molecule has 118 valence electrons. The van der Waals surface area contributed by atoms with Gasteiger partial charge in [0.15, 0.2) is 0 Å². The van der Waals surface area contributed by atoms with Gasteiger partial charge in [-0.05, 0) is 19.1 Å². The highest BCUT2D eigenvalue weighted by Gasteiger charge is 2.41. The summed E-state index contributed by atoms with van der Waals surface area (Å²) in [5.41, 5.74) is 0.0408. The number of hydrogen-bond acceptors (Lipinski definition) is 5. The maximum Gasteiger partial charge on any atom is 0.269 e. The fourth-order valence-corrected chi connectivity index (χ4v) is 3.54. The first-order valence-corrected chi connectivity index (χ1v) is 8.01. The van der Waals surface area contributed by atoms with E-state index in [0.29, 0.717) is 10.8 Å². The Morgan fingerprint density at radius 1 is 1.14 bits per heavy atom. The number of nitrogens with zero attached hydrogens (tertiary/aromatic N) is 1. The Bertz CT molecular complexity index is 729. The number of hydrogen-bond donors (Lipinski definition) is 2. The summed E-state index contributed by atoms with van der Waals surface area (Å²) in [6, 6.07) is 5.75. The van der Waals surface area contributed by atoms with E-state index < -0.39 is 34.3 Å². The van der Waals surface area contributed by atoms with Crippen LogP contribution in [0.2, 0.25) is 0 Å². The molecule has 9 heteroatoms. The van der Waals surface area contributed by atoms with Gasteiger partial charge in [0, 0.05) is 6.54 Å². The number of fused-ring (bicyclic) bond motifs is 1. The van der Waals surface area contributed by atoms with Crippen molar-refractivity contribution in [2.75, 3.05) is 19.6 Å². The normalized spacial score (nSPS) is 15.3. The summed E-state index contributed by atoms with van der Waals surface area (Å²) in [6.07, 6.45) is 0. The monoisotopic (exact) mass is 325 g/mol. The van der Waals surface area contributed by atoms with Crippen molar-refractivity contribution >= 4 is 27.7 Å². The van der Waals surface area contributed by atoms with Crippen LogP contribution in [0, 0.1) is 0 Å². The minimum absolute atomic E-state index is 0.0408. The highest BCUT2D eigenvalue weighted by molar-refractivity contribution is 7.90. The van der Waals surface area contributed by atoms with Gasteiger partial charge in [0.1, 0.15) is 11.4 Å². The summed E-state index contributed by atoms with van der Waals surface area (Å²) in [7, 11) is -4.02. The van der Waals surface area contributed by atoms with Crippen LogP contribution in [-0.4, -0.2) is 50.1 Å². The van der Waals surface area contributed by atoms with Crippen molar-refractivity contribution in [1.29, 1.82) is 0 Å². The summed E-state index contributed by atoms with van der Waals surface area (Å²) in [5, 5.41) is 4.75. The maximum atomic E-state index is 12.2. The molecule has 0 radical (unpaired) electrons. The van der Waals surface area contributed by atoms with Crippen LogP contribution in [0.1, 0.15) is 17.3 Å². The van der Waals surface area contributed by atoms with Gasteiger partial charge < -0.3 is 10.6 Å². The first kappa shape index (κ1) is 16.0. The lowest BCUT2D eigenvalue weighted by molar-refractivity contribution is -0.125. The third-order valence-electron chi connectivity index (χ3n) is 3.02. The third-order valence-corrected chi connectivity index (χ3v) is 4.81. The van der Waals surface area contributed by atoms with Gasteiger partial charge in [-0.2, -0.15) is 0 Å². The first-order valence-electron chi connectivity index (χ1n) is 6.57. The summed E-state index contributed by atoms with van der Waals surface area (Å²) < 4.78 is 24.9. The van der Waals surface area contributed by atoms with Crippen LogP contribution in [0.15, 0.2) is 29.2 Å². The molecule has 1 aliphatic rings. The zero-order chi connectivity index (χ0) is 16.3. The molecule has 0 aromatic heterocycles. The van der Waals surface area contributed by atoms with Crippen molar-refractivity contribution in [3.63, 3.8) is 0 Å². The van der Waals surface area contributed by atoms with Gasteiger partial charge in [-0.25, -0.2) is 12.7 Å². The Hall–Kier alpha value is -2.42. The fraction of sp³-hybridized carbons (Fsp3) is 0.308. The molecule has 0 saturated heterocycles. The van der Waals surface area contributed by atoms with Crippen LogP contribution < -0.4 is 10.6 Å². The molecule has 0 unspecified atom stereocenters. The molecular weight excluding hydrogens is 310 g/mol. The van der Waals surface area contributed by atoms with Gasteiger partial charge >= 0.3 is 0 Å².